The van der Waals surface area contributed by atoms with E-state index in [2.05, 4.69) is 16.2 Å². The molecular formula is C15H11Cl2N3O2S2. The van der Waals surface area contributed by atoms with E-state index in [9.17, 15) is 9.59 Å². The quantitative estimate of drug-likeness (QED) is 0.420. The van der Waals surface area contributed by atoms with Crippen molar-refractivity contribution in [3.8, 4) is 0 Å². The van der Waals surface area contributed by atoms with Crippen LogP contribution < -0.4 is 16.2 Å². The molecule has 0 aliphatic carbocycles. The molecule has 0 saturated carbocycles. The first-order chi connectivity index (χ1) is 11.5. The van der Waals surface area contributed by atoms with Crippen LogP contribution in [0.2, 0.25) is 10.0 Å². The maximum absolute atomic E-state index is 11.8. The third-order valence-electron chi connectivity index (χ3n) is 2.65. The Morgan fingerprint density at radius 2 is 1.96 bits per heavy atom. The Hall–Kier alpha value is -1.93. The molecule has 3 N–H and O–H groups in total. The normalized spacial score (nSPS) is 10.4. The molecule has 2 rings (SSSR count). The molecule has 0 aliphatic rings. The molecule has 0 aliphatic heterocycles. The van der Waals surface area contributed by atoms with Crippen LogP contribution in [0.25, 0.3) is 6.08 Å². The number of hydrogen-bond acceptors (Lipinski definition) is 4. The zero-order valence-corrected chi connectivity index (χ0v) is 15.2. The van der Waals surface area contributed by atoms with Crippen molar-refractivity contribution in [3.63, 3.8) is 0 Å². The second-order valence-electron chi connectivity index (χ2n) is 4.37. The standard InChI is InChI=1S/C15H11Cl2N3O2S2/c16-10-5-3-9(11(17)8-10)4-6-13(21)18-15(23)20-19-14(22)12-2-1-7-24-12/h1-8H,(H,19,22)(H2,18,20,21,23). The van der Waals surface area contributed by atoms with Crippen molar-refractivity contribution in [2.75, 3.05) is 0 Å². The number of hydrogen-bond donors (Lipinski definition) is 3. The van der Waals surface area contributed by atoms with Gasteiger partial charge in [0.2, 0.25) is 5.91 Å². The topological polar surface area (TPSA) is 70.2 Å². The van der Waals surface area contributed by atoms with Crippen LogP contribution >= 0.6 is 46.8 Å². The van der Waals surface area contributed by atoms with Crippen molar-refractivity contribution in [1.29, 1.82) is 0 Å². The first-order valence-corrected chi connectivity index (χ1v) is 8.58. The number of nitrogens with one attached hydrogen (secondary N) is 3. The fourth-order valence-corrected chi connectivity index (χ4v) is 2.81. The number of carbonyl (C=O) groups is 2. The summed E-state index contributed by atoms with van der Waals surface area (Å²) in [5.74, 6) is -0.811. The van der Waals surface area contributed by atoms with E-state index in [1.54, 1.807) is 35.7 Å². The minimum Gasteiger partial charge on any atom is -0.298 e. The van der Waals surface area contributed by atoms with Gasteiger partial charge in [-0.3, -0.25) is 25.8 Å². The van der Waals surface area contributed by atoms with Gasteiger partial charge < -0.3 is 0 Å². The van der Waals surface area contributed by atoms with Crippen molar-refractivity contribution < 1.29 is 9.59 Å². The molecule has 2 aromatic rings. The van der Waals surface area contributed by atoms with Gasteiger partial charge in [-0.1, -0.05) is 35.3 Å². The van der Waals surface area contributed by atoms with E-state index in [4.69, 9.17) is 35.4 Å². The summed E-state index contributed by atoms with van der Waals surface area (Å²) in [5, 5.41) is 5.08. The van der Waals surface area contributed by atoms with E-state index in [1.165, 1.54) is 23.5 Å². The molecule has 9 heteroatoms. The lowest BCUT2D eigenvalue weighted by Gasteiger charge is -2.08. The Labute approximate surface area is 157 Å². The van der Waals surface area contributed by atoms with Crippen molar-refractivity contribution in [2.45, 2.75) is 0 Å². The molecule has 0 atom stereocenters. The largest absolute Gasteiger partial charge is 0.298 e. The molecule has 24 heavy (non-hydrogen) atoms. The number of amides is 2. The predicted octanol–water partition coefficient (Wildman–Crippen LogP) is 3.40. The summed E-state index contributed by atoms with van der Waals surface area (Å²) in [6.45, 7) is 0. The number of thiophene rings is 1. The highest BCUT2D eigenvalue weighted by Crippen LogP contribution is 2.21. The predicted molar refractivity (Wildman–Crippen MR) is 101 cm³/mol. The summed E-state index contributed by atoms with van der Waals surface area (Å²) in [6, 6.07) is 8.35. The molecule has 0 fully saturated rings. The Morgan fingerprint density at radius 1 is 1.17 bits per heavy atom. The van der Waals surface area contributed by atoms with E-state index in [0.29, 0.717) is 20.5 Å². The van der Waals surface area contributed by atoms with Crippen LogP contribution in [0, 0.1) is 0 Å². The minimum atomic E-state index is -0.469. The van der Waals surface area contributed by atoms with Gasteiger partial charge in [0, 0.05) is 16.1 Å². The summed E-state index contributed by atoms with van der Waals surface area (Å²) in [5.41, 5.74) is 5.47. The lowest BCUT2D eigenvalue weighted by molar-refractivity contribution is -0.115. The highest BCUT2D eigenvalue weighted by molar-refractivity contribution is 7.80. The number of thiocarbonyl (C=S) groups is 1. The zero-order chi connectivity index (χ0) is 17.5. The summed E-state index contributed by atoms with van der Waals surface area (Å²) < 4.78 is 0. The van der Waals surface area contributed by atoms with Crippen LogP contribution in [0.4, 0.5) is 0 Å². The molecule has 0 bridgehead atoms. The van der Waals surface area contributed by atoms with E-state index >= 15 is 0 Å². The maximum Gasteiger partial charge on any atom is 0.279 e. The molecule has 1 heterocycles. The number of carbonyl (C=O) groups excluding carboxylic acids is 2. The third kappa shape index (κ3) is 5.61. The fourth-order valence-electron chi connectivity index (χ4n) is 1.57. The third-order valence-corrected chi connectivity index (χ3v) is 4.28. The van der Waals surface area contributed by atoms with E-state index in [1.807, 2.05) is 0 Å². The fraction of sp³-hybridized carbons (Fsp3) is 0. The van der Waals surface area contributed by atoms with E-state index in [0.717, 1.165) is 0 Å². The summed E-state index contributed by atoms with van der Waals surface area (Å²) >= 11 is 18.0. The highest BCUT2D eigenvalue weighted by atomic mass is 35.5. The monoisotopic (exact) mass is 399 g/mol. The van der Waals surface area contributed by atoms with Crippen molar-refractivity contribution in [2.24, 2.45) is 0 Å². The number of hydrazine groups is 1. The van der Waals surface area contributed by atoms with Crippen LogP contribution in [0.5, 0.6) is 0 Å². The Balaban J connectivity index is 1.82. The molecular weight excluding hydrogens is 389 g/mol. The highest BCUT2D eigenvalue weighted by Gasteiger charge is 2.07. The van der Waals surface area contributed by atoms with Crippen molar-refractivity contribution in [1.82, 2.24) is 16.2 Å². The summed E-state index contributed by atoms with van der Waals surface area (Å²) in [7, 11) is 0. The molecule has 0 radical (unpaired) electrons. The Kier molecular flexibility index (Phi) is 6.74. The van der Waals surface area contributed by atoms with E-state index < -0.39 is 5.91 Å². The molecule has 2 amide bonds. The van der Waals surface area contributed by atoms with Crippen molar-refractivity contribution >= 4 is 69.8 Å². The molecule has 124 valence electrons. The molecule has 1 aromatic heterocycles. The molecule has 0 unspecified atom stereocenters. The zero-order valence-electron chi connectivity index (χ0n) is 12.0. The lowest BCUT2D eigenvalue weighted by atomic mass is 10.2. The van der Waals surface area contributed by atoms with Gasteiger partial charge >= 0.3 is 0 Å². The summed E-state index contributed by atoms with van der Waals surface area (Å²) in [4.78, 5) is 24.0. The smallest absolute Gasteiger partial charge is 0.279 e. The Morgan fingerprint density at radius 3 is 2.62 bits per heavy atom. The second-order valence-corrected chi connectivity index (χ2v) is 6.57. The molecule has 1 aromatic carbocycles. The lowest BCUT2D eigenvalue weighted by Crippen LogP contribution is -2.48. The molecule has 5 nitrogen and oxygen atoms in total. The molecule has 0 saturated heterocycles. The average Bonchev–Trinajstić information content (AvgIpc) is 3.06. The minimum absolute atomic E-state index is 0.0308. The first-order valence-electron chi connectivity index (χ1n) is 6.53. The van der Waals surface area contributed by atoms with Crippen LogP contribution in [0.1, 0.15) is 15.2 Å². The molecule has 0 spiro atoms. The van der Waals surface area contributed by atoms with Gasteiger partial charge in [0.05, 0.1) is 4.88 Å². The number of rotatable bonds is 3. The van der Waals surface area contributed by atoms with Crippen LogP contribution in [-0.2, 0) is 4.79 Å². The Bertz CT molecular complexity index is 792. The van der Waals surface area contributed by atoms with E-state index in [-0.39, 0.29) is 11.0 Å². The van der Waals surface area contributed by atoms with Gasteiger partial charge in [-0.15, -0.1) is 11.3 Å². The van der Waals surface area contributed by atoms with Gasteiger partial charge in [-0.25, -0.2) is 0 Å². The first kappa shape index (κ1) is 18.4. The van der Waals surface area contributed by atoms with Gasteiger partial charge in [-0.05, 0) is 47.4 Å². The van der Waals surface area contributed by atoms with Crippen LogP contribution in [0.15, 0.2) is 41.8 Å². The van der Waals surface area contributed by atoms with Gasteiger partial charge in [0.25, 0.3) is 5.91 Å². The van der Waals surface area contributed by atoms with Gasteiger partial charge in [-0.2, -0.15) is 0 Å². The maximum atomic E-state index is 11.8. The van der Waals surface area contributed by atoms with Gasteiger partial charge in [0.1, 0.15) is 0 Å². The second kappa shape index (κ2) is 8.79. The number of halogens is 2. The SMILES string of the molecule is O=C(C=Cc1ccc(Cl)cc1Cl)NC(=S)NNC(=O)c1cccs1. The average molecular weight is 400 g/mol. The van der Waals surface area contributed by atoms with Crippen molar-refractivity contribution in [3.05, 3.63) is 62.3 Å². The van der Waals surface area contributed by atoms with Crippen LogP contribution in [-0.4, -0.2) is 16.9 Å². The van der Waals surface area contributed by atoms with Crippen LogP contribution in [0.3, 0.4) is 0 Å². The number of benzene rings is 1. The van der Waals surface area contributed by atoms with Gasteiger partial charge in [0.15, 0.2) is 5.11 Å². The summed E-state index contributed by atoms with van der Waals surface area (Å²) in [6.07, 6.45) is 2.80.